The van der Waals surface area contributed by atoms with E-state index >= 15 is 0 Å². The summed E-state index contributed by atoms with van der Waals surface area (Å²) >= 11 is 1.46. The van der Waals surface area contributed by atoms with Gasteiger partial charge in [0, 0.05) is 34.4 Å². The quantitative estimate of drug-likeness (QED) is 0.635. The van der Waals surface area contributed by atoms with Crippen molar-refractivity contribution in [1.29, 1.82) is 5.26 Å². The van der Waals surface area contributed by atoms with Gasteiger partial charge in [0.05, 0.1) is 21.7 Å². The normalized spacial score (nSPS) is 11.4. The van der Waals surface area contributed by atoms with Crippen molar-refractivity contribution in [2.45, 2.75) is 18.7 Å². The van der Waals surface area contributed by atoms with Crippen molar-refractivity contribution in [2.75, 3.05) is 18.4 Å². The summed E-state index contributed by atoms with van der Waals surface area (Å²) in [4.78, 5) is 6.32. The lowest BCUT2D eigenvalue weighted by atomic mass is 10.1. The Hall–Kier alpha value is -2.47. The van der Waals surface area contributed by atoms with Crippen LogP contribution in [-0.2, 0) is 10.0 Å². The standard InChI is InChI=1S/C18H18N4O2S2/c1-12-9-17(13(2)25-12)26(23,24)22-8-7-20-18-14(10-19)11-21-16-6-4-3-5-15(16)18/h3-6,9,11,22H,7-8H2,1-2H3,(H,20,21). The average Bonchev–Trinajstić information content (AvgIpc) is 2.97. The van der Waals surface area contributed by atoms with Crippen molar-refractivity contribution >= 4 is 38.0 Å². The molecule has 1 aromatic carbocycles. The lowest BCUT2D eigenvalue weighted by molar-refractivity contribution is 0.582. The number of aromatic nitrogens is 1. The second-order valence-electron chi connectivity index (χ2n) is 5.78. The molecule has 3 rings (SSSR count). The summed E-state index contributed by atoms with van der Waals surface area (Å²) in [6.07, 6.45) is 1.52. The van der Waals surface area contributed by atoms with Crippen LogP contribution in [0.2, 0.25) is 0 Å². The number of para-hydroxylation sites is 1. The Balaban J connectivity index is 1.72. The molecule has 26 heavy (non-hydrogen) atoms. The maximum absolute atomic E-state index is 12.4. The van der Waals surface area contributed by atoms with Gasteiger partial charge in [-0.25, -0.2) is 13.1 Å². The van der Waals surface area contributed by atoms with Crippen molar-refractivity contribution in [3.05, 3.63) is 51.8 Å². The van der Waals surface area contributed by atoms with Gasteiger partial charge >= 0.3 is 0 Å². The second kappa shape index (κ2) is 7.41. The highest BCUT2D eigenvalue weighted by atomic mass is 32.2. The van der Waals surface area contributed by atoms with Crippen molar-refractivity contribution in [2.24, 2.45) is 0 Å². The van der Waals surface area contributed by atoms with E-state index in [1.807, 2.05) is 31.2 Å². The number of nitriles is 1. The average molecular weight is 387 g/mol. The molecule has 0 radical (unpaired) electrons. The van der Waals surface area contributed by atoms with Crippen LogP contribution in [0.4, 0.5) is 5.69 Å². The number of nitrogens with one attached hydrogen (secondary N) is 2. The van der Waals surface area contributed by atoms with Gasteiger partial charge in [0.1, 0.15) is 6.07 Å². The van der Waals surface area contributed by atoms with E-state index in [2.05, 4.69) is 21.1 Å². The molecule has 0 atom stereocenters. The van der Waals surface area contributed by atoms with E-state index in [-0.39, 0.29) is 6.54 Å². The van der Waals surface area contributed by atoms with Crippen LogP contribution in [0.3, 0.4) is 0 Å². The number of sulfonamides is 1. The van der Waals surface area contributed by atoms with Gasteiger partial charge in [-0.1, -0.05) is 18.2 Å². The highest BCUT2D eigenvalue weighted by Gasteiger charge is 2.18. The minimum Gasteiger partial charge on any atom is -0.382 e. The van der Waals surface area contributed by atoms with Gasteiger partial charge in [0.2, 0.25) is 10.0 Å². The maximum Gasteiger partial charge on any atom is 0.241 e. The van der Waals surface area contributed by atoms with E-state index in [1.165, 1.54) is 17.5 Å². The molecule has 0 aliphatic rings. The molecular weight excluding hydrogens is 368 g/mol. The van der Waals surface area contributed by atoms with Gasteiger partial charge in [0.25, 0.3) is 0 Å². The predicted molar refractivity (Wildman–Crippen MR) is 104 cm³/mol. The first-order valence-electron chi connectivity index (χ1n) is 8.01. The van der Waals surface area contributed by atoms with Gasteiger partial charge in [-0.2, -0.15) is 5.26 Å². The number of pyridine rings is 1. The molecule has 8 heteroatoms. The number of anilines is 1. The van der Waals surface area contributed by atoms with Gasteiger partial charge in [-0.05, 0) is 26.0 Å². The number of rotatable bonds is 6. The topological polar surface area (TPSA) is 94.9 Å². The summed E-state index contributed by atoms with van der Waals surface area (Å²) in [5.41, 5.74) is 1.87. The molecule has 2 heterocycles. The van der Waals surface area contributed by atoms with Crippen molar-refractivity contribution in [3.8, 4) is 6.07 Å². The molecule has 0 bridgehead atoms. The number of fused-ring (bicyclic) bond motifs is 1. The Kier molecular flexibility index (Phi) is 5.23. The molecule has 134 valence electrons. The summed E-state index contributed by atoms with van der Waals surface area (Å²) in [5, 5.41) is 13.3. The highest BCUT2D eigenvalue weighted by Crippen LogP contribution is 2.26. The first kappa shape index (κ1) is 18.3. The Morgan fingerprint density at radius 1 is 1.23 bits per heavy atom. The van der Waals surface area contributed by atoms with Crippen LogP contribution in [0.1, 0.15) is 15.3 Å². The molecule has 0 amide bonds. The number of thiophene rings is 1. The second-order valence-corrected chi connectivity index (χ2v) is 8.97. The molecule has 0 aliphatic heterocycles. The van der Waals surface area contributed by atoms with E-state index < -0.39 is 10.0 Å². The van der Waals surface area contributed by atoms with Gasteiger partial charge in [-0.3, -0.25) is 4.98 Å². The molecule has 0 aliphatic carbocycles. The Labute approximate surface area is 156 Å². The molecule has 2 N–H and O–H groups in total. The number of aryl methyl sites for hydroxylation is 2. The number of hydrogen-bond donors (Lipinski definition) is 2. The minimum atomic E-state index is -3.54. The van der Waals surface area contributed by atoms with Crippen LogP contribution in [0.15, 0.2) is 41.4 Å². The molecule has 6 nitrogen and oxygen atoms in total. The fraction of sp³-hybridized carbons (Fsp3) is 0.222. The van der Waals surface area contributed by atoms with Crippen molar-refractivity contribution in [1.82, 2.24) is 9.71 Å². The van der Waals surface area contributed by atoms with E-state index in [9.17, 15) is 13.7 Å². The fourth-order valence-electron chi connectivity index (χ4n) is 2.74. The van der Waals surface area contributed by atoms with Gasteiger partial charge < -0.3 is 5.32 Å². The van der Waals surface area contributed by atoms with Gasteiger partial charge in [-0.15, -0.1) is 11.3 Å². The SMILES string of the molecule is Cc1cc(S(=O)(=O)NCCNc2c(C#N)cnc3ccccc23)c(C)s1. The largest absolute Gasteiger partial charge is 0.382 e. The minimum absolute atomic E-state index is 0.207. The predicted octanol–water partition coefficient (Wildman–Crippen LogP) is 3.18. The summed E-state index contributed by atoms with van der Waals surface area (Å²) in [7, 11) is -3.54. The van der Waals surface area contributed by atoms with Crippen molar-refractivity contribution in [3.63, 3.8) is 0 Å². The summed E-state index contributed by atoms with van der Waals surface area (Å²) in [6, 6.07) is 11.3. The summed E-state index contributed by atoms with van der Waals surface area (Å²) in [5.74, 6) is 0. The number of benzene rings is 1. The van der Waals surface area contributed by atoms with Crippen LogP contribution in [0, 0.1) is 25.2 Å². The zero-order valence-electron chi connectivity index (χ0n) is 14.4. The van der Waals surface area contributed by atoms with Crippen molar-refractivity contribution < 1.29 is 8.42 Å². The van der Waals surface area contributed by atoms with E-state index in [1.54, 1.807) is 13.0 Å². The van der Waals surface area contributed by atoms with Crippen LogP contribution >= 0.6 is 11.3 Å². The Morgan fingerprint density at radius 2 is 2.00 bits per heavy atom. The third kappa shape index (κ3) is 3.70. The lowest BCUT2D eigenvalue weighted by Gasteiger charge is -2.12. The first-order valence-corrected chi connectivity index (χ1v) is 10.3. The zero-order valence-corrected chi connectivity index (χ0v) is 16.0. The highest BCUT2D eigenvalue weighted by molar-refractivity contribution is 7.89. The first-order chi connectivity index (χ1) is 12.4. The monoisotopic (exact) mass is 386 g/mol. The number of hydrogen-bond acceptors (Lipinski definition) is 6. The molecule has 2 aromatic heterocycles. The van der Waals surface area contributed by atoms with Crippen LogP contribution in [-0.4, -0.2) is 26.5 Å². The van der Waals surface area contributed by atoms with Crippen LogP contribution < -0.4 is 10.0 Å². The number of nitrogens with zero attached hydrogens (tertiary/aromatic N) is 2. The van der Waals surface area contributed by atoms with E-state index in [4.69, 9.17) is 0 Å². The van der Waals surface area contributed by atoms with E-state index in [0.717, 1.165) is 20.7 Å². The fourth-order valence-corrected chi connectivity index (χ4v) is 5.33. The smallest absolute Gasteiger partial charge is 0.241 e. The van der Waals surface area contributed by atoms with Crippen LogP contribution in [0.25, 0.3) is 10.9 Å². The summed E-state index contributed by atoms with van der Waals surface area (Å²) < 4.78 is 27.4. The maximum atomic E-state index is 12.4. The van der Waals surface area contributed by atoms with E-state index in [0.29, 0.717) is 22.7 Å². The third-order valence-corrected chi connectivity index (χ3v) is 6.58. The Morgan fingerprint density at radius 3 is 2.69 bits per heavy atom. The summed E-state index contributed by atoms with van der Waals surface area (Å²) in [6.45, 7) is 4.24. The molecule has 0 saturated carbocycles. The molecule has 0 spiro atoms. The molecule has 0 unspecified atom stereocenters. The molecule has 0 fully saturated rings. The third-order valence-electron chi connectivity index (χ3n) is 3.90. The Bertz CT molecular complexity index is 1100. The molecular formula is C18H18N4O2S2. The lowest BCUT2D eigenvalue weighted by Crippen LogP contribution is -2.29. The van der Waals surface area contributed by atoms with Crippen LogP contribution in [0.5, 0.6) is 0 Å². The molecule has 3 aromatic rings. The zero-order chi connectivity index (χ0) is 18.7. The molecule has 0 saturated heterocycles. The van der Waals surface area contributed by atoms with Gasteiger partial charge in [0.15, 0.2) is 0 Å².